The van der Waals surface area contributed by atoms with E-state index in [4.69, 9.17) is 0 Å². The summed E-state index contributed by atoms with van der Waals surface area (Å²) in [6.07, 6.45) is -4.44. The fraction of sp³-hybridized carbons (Fsp3) is 0.545. The number of carbonyl (C=O) groups is 2. The van der Waals surface area contributed by atoms with Crippen LogP contribution in [-0.2, 0) is 28.9 Å². The number of nitrogens with zero attached hydrogens (tertiary/aromatic N) is 5. The summed E-state index contributed by atoms with van der Waals surface area (Å²) in [5.41, 5.74) is -2.22. The highest BCUT2D eigenvalue weighted by Gasteiger charge is 2.43. The van der Waals surface area contributed by atoms with Gasteiger partial charge in [0.2, 0.25) is 11.8 Å². The highest BCUT2D eigenvalue weighted by molar-refractivity contribution is 5.84. The molecule has 188 valence electrons. The molecule has 0 bridgehead atoms. The van der Waals surface area contributed by atoms with Gasteiger partial charge in [0.25, 0.3) is 0 Å². The van der Waals surface area contributed by atoms with E-state index in [0.29, 0.717) is 12.1 Å². The summed E-state index contributed by atoms with van der Waals surface area (Å²) in [6.45, 7) is -0.434. The highest BCUT2D eigenvalue weighted by atomic mass is 19.4. The normalized spacial score (nSPS) is 22.4. The summed E-state index contributed by atoms with van der Waals surface area (Å²) in [5.74, 6) is -2.14. The Kier molecular flexibility index (Phi) is 5.67. The molecular formula is C22H22F5N5O3. The van der Waals surface area contributed by atoms with Crippen LogP contribution in [0.15, 0.2) is 23.0 Å². The third kappa shape index (κ3) is 4.43. The van der Waals surface area contributed by atoms with E-state index >= 15 is 0 Å². The van der Waals surface area contributed by atoms with Crippen LogP contribution in [0, 0.1) is 11.7 Å². The van der Waals surface area contributed by atoms with Crippen molar-refractivity contribution < 1.29 is 31.5 Å². The number of alkyl halides is 4. The molecule has 2 fully saturated rings. The predicted octanol–water partition coefficient (Wildman–Crippen LogP) is 2.11. The largest absolute Gasteiger partial charge is 0.419 e. The molecule has 0 N–H and O–H groups in total. The zero-order valence-corrected chi connectivity index (χ0v) is 18.5. The van der Waals surface area contributed by atoms with E-state index in [1.807, 2.05) is 0 Å². The molecule has 1 saturated carbocycles. The maximum absolute atomic E-state index is 13.7. The number of carbonyl (C=O) groups excluding carboxylic acids is 2. The molecule has 2 amide bonds. The van der Waals surface area contributed by atoms with Crippen LogP contribution in [0.5, 0.6) is 0 Å². The fourth-order valence-corrected chi connectivity index (χ4v) is 4.65. The molecule has 2 aliphatic heterocycles. The lowest BCUT2D eigenvalue weighted by atomic mass is 10.1. The number of hydrogen-bond donors (Lipinski definition) is 0. The van der Waals surface area contributed by atoms with Gasteiger partial charge in [-0.05, 0) is 37.0 Å². The quantitative estimate of drug-likeness (QED) is 0.604. The Bertz CT molecular complexity index is 1240. The Morgan fingerprint density at radius 1 is 1.06 bits per heavy atom. The van der Waals surface area contributed by atoms with Crippen LogP contribution in [0.3, 0.4) is 0 Å². The van der Waals surface area contributed by atoms with Gasteiger partial charge in [-0.15, -0.1) is 0 Å². The monoisotopic (exact) mass is 499 g/mol. The van der Waals surface area contributed by atoms with Crippen molar-refractivity contribution in [3.8, 4) is 0 Å². The number of likely N-dealkylation sites (tertiary alicyclic amines) is 1. The first-order valence-corrected chi connectivity index (χ1v) is 11.3. The zero-order valence-electron chi connectivity index (χ0n) is 18.5. The van der Waals surface area contributed by atoms with Crippen molar-refractivity contribution in [2.75, 3.05) is 19.6 Å². The van der Waals surface area contributed by atoms with Crippen molar-refractivity contribution in [2.24, 2.45) is 5.92 Å². The molecule has 0 spiro atoms. The average molecular weight is 499 g/mol. The van der Waals surface area contributed by atoms with Crippen molar-refractivity contribution in [2.45, 2.75) is 50.7 Å². The van der Waals surface area contributed by atoms with E-state index < -0.39 is 47.9 Å². The van der Waals surface area contributed by atoms with Crippen LogP contribution in [0.25, 0.3) is 0 Å². The Labute approximate surface area is 195 Å². The van der Waals surface area contributed by atoms with Gasteiger partial charge in [0.1, 0.15) is 18.0 Å². The molecular weight excluding hydrogens is 477 g/mol. The zero-order chi connectivity index (χ0) is 25.1. The number of fused-ring (bicyclic) bond motifs is 1. The number of halogens is 5. The van der Waals surface area contributed by atoms with Gasteiger partial charge < -0.3 is 9.80 Å². The first-order valence-electron chi connectivity index (χ1n) is 11.3. The minimum Gasteiger partial charge on any atom is -0.338 e. The molecule has 2 unspecified atom stereocenters. The molecule has 3 heterocycles. The lowest BCUT2D eigenvalue weighted by molar-refractivity contribution is -0.141. The van der Waals surface area contributed by atoms with E-state index in [9.17, 15) is 36.3 Å². The molecule has 1 aromatic carbocycles. The van der Waals surface area contributed by atoms with E-state index in [-0.39, 0.29) is 55.8 Å². The molecule has 0 radical (unpaired) electrons. The maximum Gasteiger partial charge on any atom is 0.419 e. The number of aromatic nitrogens is 3. The maximum atomic E-state index is 13.7. The second kappa shape index (κ2) is 8.45. The number of rotatable bonds is 4. The smallest absolute Gasteiger partial charge is 0.338 e. The lowest BCUT2D eigenvalue weighted by Crippen LogP contribution is -2.50. The minimum atomic E-state index is -4.91. The fourth-order valence-electron chi connectivity index (χ4n) is 4.65. The molecule has 35 heavy (non-hydrogen) atoms. The SMILES string of the molecule is O=C(C1CC1)N1Cc2nn(Cc3ccc(F)c(C(F)(F)F)c3)c(=O)n2C(C(=O)N2CCC(F)C2)C1. The topological polar surface area (TPSA) is 80.4 Å². The van der Waals surface area contributed by atoms with Crippen LogP contribution in [0.2, 0.25) is 0 Å². The Morgan fingerprint density at radius 2 is 1.80 bits per heavy atom. The van der Waals surface area contributed by atoms with Gasteiger partial charge in [0.05, 0.1) is 31.7 Å². The van der Waals surface area contributed by atoms with E-state index in [2.05, 4.69) is 5.10 Å². The first-order chi connectivity index (χ1) is 16.5. The van der Waals surface area contributed by atoms with Crippen molar-refractivity contribution in [1.82, 2.24) is 24.1 Å². The Morgan fingerprint density at radius 3 is 2.43 bits per heavy atom. The van der Waals surface area contributed by atoms with Gasteiger partial charge in [-0.3, -0.25) is 14.2 Å². The summed E-state index contributed by atoms with van der Waals surface area (Å²) in [5, 5.41) is 4.20. The minimum absolute atomic E-state index is 0.00937. The van der Waals surface area contributed by atoms with Crippen LogP contribution in [-0.4, -0.2) is 61.8 Å². The van der Waals surface area contributed by atoms with Crippen LogP contribution < -0.4 is 5.69 Å². The van der Waals surface area contributed by atoms with Crippen molar-refractivity contribution >= 4 is 11.8 Å². The van der Waals surface area contributed by atoms with E-state index in [1.54, 1.807) is 0 Å². The summed E-state index contributed by atoms with van der Waals surface area (Å²) in [6, 6.07) is 1.28. The highest BCUT2D eigenvalue weighted by Crippen LogP contribution is 2.34. The molecule has 2 atom stereocenters. The van der Waals surface area contributed by atoms with Crippen molar-refractivity contribution in [3.63, 3.8) is 0 Å². The van der Waals surface area contributed by atoms with Gasteiger partial charge >= 0.3 is 11.9 Å². The standard InChI is InChI=1S/C22H22F5N5O3/c23-14-5-6-29(9-14)20(34)17-10-30(19(33)13-2-3-13)11-18-28-31(21(35)32(17)18)8-12-1-4-16(24)15(7-12)22(25,26)27/h1,4,7,13-14,17H,2-3,5-6,8-11H2. The molecule has 1 aromatic heterocycles. The summed E-state index contributed by atoms with van der Waals surface area (Å²) >= 11 is 0. The van der Waals surface area contributed by atoms with Gasteiger partial charge in [-0.1, -0.05) is 6.07 Å². The molecule has 3 aliphatic rings. The lowest BCUT2D eigenvalue weighted by Gasteiger charge is -2.34. The Hall–Kier alpha value is -3.25. The second-order valence-electron chi connectivity index (χ2n) is 9.22. The first kappa shape index (κ1) is 23.5. The van der Waals surface area contributed by atoms with Crippen LogP contribution >= 0.6 is 0 Å². The summed E-state index contributed by atoms with van der Waals surface area (Å²) in [4.78, 5) is 41.9. The molecule has 5 rings (SSSR count). The third-order valence-corrected chi connectivity index (χ3v) is 6.61. The van der Waals surface area contributed by atoms with Gasteiger partial charge in [0.15, 0.2) is 5.82 Å². The number of benzene rings is 1. The number of hydrogen-bond acceptors (Lipinski definition) is 4. The van der Waals surface area contributed by atoms with Gasteiger partial charge in [-0.25, -0.2) is 18.3 Å². The number of amides is 2. The van der Waals surface area contributed by atoms with Crippen LogP contribution in [0.1, 0.15) is 42.3 Å². The van der Waals surface area contributed by atoms with Crippen molar-refractivity contribution in [3.05, 3.63) is 51.5 Å². The van der Waals surface area contributed by atoms with E-state index in [1.165, 1.54) is 9.80 Å². The second-order valence-corrected chi connectivity index (χ2v) is 9.22. The van der Waals surface area contributed by atoms with Gasteiger partial charge in [0, 0.05) is 12.5 Å². The average Bonchev–Trinajstić information content (AvgIpc) is 3.49. The molecule has 8 nitrogen and oxygen atoms in total. The predicted molar refractivity (Wildman–Crippen MR) is 110 cm³/mol. The van der Waals surface area contributed by atoms with E-state index in [0.717, 1.165) is 28.2 Å². The molecule has 2 aromatic rings. The van der Waals surface area contributed by atoms with Gasteiger partial charge in [-0.2, -0.15) is 18.3 Å². The molecule has 1 aliphatic carbocycles. The van der Waals surface area contributed by atoms with Crippen LogP contribution in [0.4, 0.5) is 22.0 Å². The molecule has 1 saturated heterocycles. The third-order valence-electron chi connectivity index (χ3n) is 6.61. The molecule has 13 heteroatoms. The Balaban J connectivity index is 1.49. The summed E-state index contributed by atoms with van der Waals surface area (Å²) < 4.78 is 68.7. The van der Waals surface area contributed by atoms with Crippen molar-refractivity contribution in [1.29, 1.82) is 0 Å². The summed E-state index contributed by atoms with van der Waals surface area (Å²) in [7, 11) is 0.